The second-order valence-corrected chi connectivity index (χ2v) is 9.56. The normalized spacial score (nSPS) is 19.0. The number of carbonyl (C=O) groups is 1. The number of fused-ring (bicyclic) bond motifs is 1. The van der Waals surface area contributed by atoms with Gasteiger partial charge in [-0.2, -0.15) is 0 Å². The Balaban J connectivity index is 0.00000160. The molecule has 7 nitrogen and oxygen atoms in total. The molecule has 7 heteroatoms. The Morgan fingerprint density at radius 2 is 1.94 bits per heavy atom. The van der Waals surface area contributed by atoms with Gasteiger partial charge in [-0.05, 0) is 69.1 Å². The molecule has 2 aromatic carbocycles. The summed E-state index contributed by atoms with van der Waals surface area (Å²) in [6.07, 6.45) is 5.24. The van der Waals surface area contributed by atoms with E-state index in [0.717, 1.165) is 61.4 Å². The average molecular weight is 466 g/mol. The number of benzene rings is 2. The lowest BCUT2D eigenvalue weighted by atomic mass is 10.1. The number of nitrogens with one attached hydrogen (secondary N) is 1. The van der Waals surface area contributed by atoms with E-state index in [1.54, 1.807) is 12.1 Å². The molecule has 2 aliphatic rings. The maximum atomic E-state index is 12.6. The molecule has 2 N–H and O–H groups in total. The Morgan fingerprint density at radius 1 is 1.12 bits per heavy atom. The van der Waals surface area contributed by atoms with Gasteiger partial charge < -0.3 is 20.2 Å². The maximum Gasteiger partial charge on any atom is 0.221 e. The quantitative estimate of drug-likeness (QED) is 0.553. The minimum Gasteiger partial charge on any atom is -0.507 e. The molecule has 3 aromatic rings. The number of amides is 1. The summed E-state index contributed by atoms with van der Waals surface area (Å²) in [7, 11) is 0. The molecule has 0 spiro atoms. The first-order valence-corrected chi connectivity index (χ1v) is 12.4. The third-order valence-electron chi connectivity index (χ3n) is 6.93. The number of rotatable bonds is 6. The van der Waals surface area contributed by atoms with Gasteiger partial charge in [0.05, 0.1) is 11.1 Å². The zero-order valence-electron chi connectivity index (χ0n) is 19.8. The highest BCUT2D eigenvalue weighted by Gasteiger charge is 2.27. The van der Waals surface area contributed by atoms with Gasteiger partial charge in [0.15, 0.2) is 5.82 Å². The van der Waals surface area contributed by atoms with Crippen molar-refractivity contribution in [2.75, 3.05) is 37.6 Å². The van der Waals surface area contributed by atoms with Crippen LogP contribution in [0.2, 0.25) is 0 Å². The lowest BCUT2D eigenvalue weighted by molar-refractivity contribution is -0.122. The van der Waals surface area contributed by atoms with Crippen molar-refractivity contribution in [3.8, 4) is 17.1 Å². The maximum absolute atomic E-state index is 12.6. The summed E-state index contributed by atoms with van der Waals surface area (Å²) in [5.74, 6) is 1.67. The molecule has 2 fully saturated rings. The van der Waals surface area contributed by atoms with Crippen molar-refractivity contribution >= 4 is 22.6 Å². The molecule has 3 heterocycles. The SMILES string of the molecule is Cc1ccc2c(N3CC[C@@H](NC(=O)CCN4CCCCC4)C3)nc(-c3ccccc3O)nc2c1.[HH].[HH].[HH]. The number of carbonyl (C=O) groups excluding carboxylic acids is 1. The number of likely N-dealkylation sites (tertiary alicyclic amines) is 1. The number of phenols is 1. The van der Waals surface area contributed by atoms with Gasteiger partial charge in [0.25, 0.3) is 0 Å². The van der Waals surface area contributed by atoms with E-state index in [2.05, 4.69) is 33.3 Å². The molecule has 1 amide bonds. The summed E-state index contributed by atoms with van der Waals surface area (Å²) in [6, 6.07) is 13.5. The fraction of sp³-hybridized carbons (Fsp3) is 0.444. The standard InChI is InChI=1S/C27H33N5O2.3H2/c1-19-9-10-21-23(17-19)29-26(22-7-3-4-8-24(22)33)30-27(21)32-16-11-20(18-32)28-25(34)12-15-31-13-5-2-6-14-31;;;/h3-4,7-10,17,20,33H,2,5-6,11-16,18H2,1H3,(H,28,34);3*1H/t20-;;;/m1.../s1. The zero-order chi connectivity index (χ0) is 23.5. The van der Waals surface area contributed by atoms with Crippen LogP contribution in [0, 0.1) is 6.92 Å². The van der Waals surface area contributed by atoms with Crippen LogP contribution in [0.4, 0.5) is 5.82 Å². The number of hydrogen-bond acceptors (Lipinski definition) is 6. The first kappa shape index (κ1) is 22.6. The minimum atomic E-state index is 0. The van der Waals surface area contributed by atoms with Crippen molar-refractivity contribution in [3.05, 3.63) is 48.0 Å². The van der Waals surface area contributed by atoms with Crippen LogP contribution in [0.15, 0.2) is 42.5 Å². The first-order valence-electron chi connectivity index (χ1n) is 12.4. The molecule has 1 atom stereocenters. The van der Waals surface area contributed by atoms with Gasteiger partial charge in [-0.3, -0.25) is 4.79 Å². The highest BCUT2D eigenvalue weighted by Crippen LogP contribution is 2.33. The fourth-order valence-electron chi connectivity index (χ4n) is 5.06. The molecule has 5 rings (SSSR count). The van der Waals surface area contributed by atoms with E-state index in [1.165, 1.54) is 19.3 Å². The minimum absolute atomic E-state index is 0. The Morgan fingerprint density at radius 3 is 2.76 bits per heavy atom. The van der Waals surface area contributed by atoms with E-state index in [-0.39, 0.29) is 22.0 Å². The van der Waals surface area contributed by atoms with Crippen LogP contribution in [0.1, 0.15) is 41.9 Å². The Kier molecular flexibility index (Phi) is 6.63. The van der Waals surface area contributed by atoms with Crippen LogP contribution in [0.3, 0.4) is 0 Å². The lowest BCUT2D eigenvalue weighted by Crippen LogP contribution is -2.39. The molecule has 0 bridgehead atoms. The first-order chi connectivity index (χ1) is 16.6. The summed E-state index contributed by atoms with van der Waals surface area (Å²) < 4.78 is 0. The molecule has 0 aliphatic carbocycles. The number of phenolic OH excluding ortho intramolecular Hbond substituents is 1. The summed E-state index contributed by atoms with van der Waals surface area (Å²) in [5.41, 5.74) is 2.60. The van der Waals surface area contributed by atoms with Crippen LogP contribution >= 0.6 is 0 Å². The van der Waals surface area contributed by atoms with Crippen LogP contribution < -0.4 is 10.2 Å². The summed E-state index contributed by atoms with van der Waals surface area (Å²) in [6.45, 7) is 6.66. The van der Waals surface area contributed by atoms with E-state index in [4.69, 9.17) is 9.97 Å². The van der Waals surface area contributed by atoms with E-state index in [9.17, 15) is 9.90 Å². The zero-order valence-corrected chi connectivity index (χ0v) is 19.8. The molecule has 1 aromatic heterocycles. The van der Waals surface area contributed by atoms with Crippen molar-refractivity contribution in [2.45, 2.75) is 45.1 Å². The van der Waals surface area contributed by atoms with Crippen molar-refractivity contribution < 1.29 is 14.2 Å². The second kappa shape index (κ2) is 9.97. The lowest BCUT2D eigenvalue weighted by Gasteiger charge is -2.26. The van der Waals surface area contributed by atoms with E-state index >= 15 is 0 Å². The molecule has 34 heavy (non-hydrogen) atoms. The van der Waals surface area contributed by atoms with Crippen molar-refractivity contribution in [3.63, 3.8) is 0 Å². The van der Waals surface area contributed by atoms with Crippen molar-refractivity contribution in [1.29, 1.82) is 0 Å². The van der Waals surface area contributed by atoms with Crippen molar-refractivity contribution in [1.82, 2.24) is 20.2 Å². The van der Waals surface area contributed by atoms with Crippen LogP contribution in [0.5, 0.6) is 5.75 Å². The number of nitrogens with zero attached hydrogens (tertiary/aromatic N) is 4. The van der Waals surface area contributed by atoms with Gasteiger partial charge in [0.1, 0.15) is 11.6 Å². The number of piperidine rings is 1. The molecule has 0 radical (unpaired) electrons. The van der Waals surface area contributed by atoms with E-state index < -0.39 is 0 Å². The molecule has 2 saturated heterocycles. The highest BCUT2D eigenvalue weighted by molar-refractivity contribution is 5.92. The van der Waals surface area contributed by atoms with Crippen LogP contribution in [-0.2, 0) is 4.79 Å². The number of aryl methyl sites for hydroxylation is 1. The highest BCUT2D eigenvalue weighted by atomic mass is 16.3. The summed E-state index contributed by atoms with van der Waals surface area (Å²) >= 11 is 0. The van der Waals surface area contributed by atoms with Crippen molar-refractivity contribution in [2.24, 2.45) is 0 Å². The predicted octanol–water partition coefficient (Wildman–Crippen LogP) is 4.62. The monoisotopic (exact) mass is 465 g/mol. The fourth-order valence-corrected chi connectivity index (χ4v) is 5.06. The smallest absolute Gasteiger partial charge is 0.221 e. The second-order valence-electron chi connectivity index (χ2n) is 9.56. The molecule has 0 saturated carbocycles. The molecule has 2 aliphatic heterocycles. The number of anilines is 1. The number of aromatic nitrogens is 2. The van der Waals surface area contributed by atoms with Crippen LogP contribution in [0.25, 0.3) is 22.3 Å². The summed E-state index contributed by atoms with van der Waals surface area (Å²) in [4.78, 5) is 26.9. The number of aromatic hydroxyl groups is 1. The molecule has 184 valence electrons. The van der Waals surface area contributed by atoms with E-state index in [1.807, 2.05) is 19.1 Å². The van der Waals surface area contributed by atoms with E-state index in [0.29, 0.717) is 17.8 Å². The third kappa shape index (κ3) is 4.99. The Bertz CT molecular complexity index is 1190. The largest absolute Gasteiger partial charge is 0.507 e. The average Bonchev–Trinajstić information content (AvgIpc) is 3.31. The van der Waals surface area contributed by atoms with Gasteiger partial charge in [-0.1, -0.05) is 24.6 Å². The number of hydrogen-bond donors (Lipinski definition) is 2. The van der Waals surface area contributed by atoms with Gasteiger partial charge in [0, 0.05) is 41.8 Å². The molecule has 0 unspecified atom stereocenters. The topological polar surface area (TPSA) is 81.6 Å². The van der Waals surface area contributed by atoms with Gasteiger partial charge in [-0.25, -0.2) is 9.97 Å². The summed E-state index contributed by atoms with van der Waals surface area (Å²) in [5, 5.41) is 14.6. The van der Waals surface area contributed by atoms with Gasteiger partial charge in [-0.15, -0.1) is 0 Å². The Hall–Kier alpha value is -3.19. The molecular formula is C27H39N5O2. The predicted molar refractivity (Wildman–Crippen MR) is 141 cm³/mol. The third-order valence-corrected chi connectivity index (χ3v) is 6.93. The van der Waals surface area contributed by atoms with Gasteiger partial charge in [0.2, 0.25) is 5.91 Å². The van der Waals surface area contributed by atoms with Crippen LogP contribution in [-0.4, -0.2) is 64.6 Å². The van der Waals surface area contributed by atoms with Gasteiger partial charge >= 0.3 is 0 Å². The number of para-hydroxylation sites is 1. The Labute approximate surface area is 205 Å². The molecular weight excluding hydrogens is 426 g/mol.